The molecule has 1 heterocycles. The SMILES string of the molecule is Cc1nn(C)c(N(C)Cc2ccc(Br)cc2)c1CN. The van der Waals surface area contributed by atoms with Crippen LogP contribution in [0.3, 0.4) is 0 Å². The summed E-state index contributed by atoms with van der Waals surface area (Å²) in [7, 11) is 4.03. The molecular formula is C14H19BrN4. The molecule has 2 N–H and O–H groups in total. The maximum atomic E-state index is 5.83. The second kappa shape index (κ2) is 5.75. The molecule has 0 saturated heterocycles. The number of hydrogen-bond donors (Lipinski definition) is 1. The zero-order valence-electron chi connectivity index (χ0n) is 11.5. The molecule has 1 aromatic carbocycles. The molecule has 102 valence electrons. The maximum Gasteiger partial charge on any atom is 0.131 e. The lowest BCUT2D eigenvalue weighted by molar-refractivity contribution is 0.725. The Labute approximate surface area is 122 Å². The number of benzene rings is 1. The summed E-state index contributed by atoms with van der Waals surface area (Å²) in [6.07, 6.45) is 0. The second-order valence-electron chi connectivity index (χ2n) is 4.70. The number of aromatic nitrogens is 2. The summed E-state index contributed by atoms with van der Waals surface area (Å²) in [5.74, 6) is 1.09. The number of anilines is 1. The minimum atomic E-state index is 0.514. The van der Waals surface area contributed by atoms with Gasteiger partial charge in [-0.15, -0.1) is 0 Å². The summed E-state index contributed by atoms with van der Waals surface area (Å²) in [4.78, 5) is 2.19. The van der Waals surface area contributed by atoms with Crippen LogP contribution in [-0.4, -0.2) is 16.8 Å². The topological polar surface area (TPSA) is 47.1 Å². The fourth-order valence-corrected chi connectivity index (χ4v) is 2.61. The Morgan fingerprint density at radius 1 is 1.32 bits per heavy atom. The van der Waals surface area contributed by atoms with Crippen LogP contribution in [0, 0.1) is 6.92 Å². The van der Waals surface area contributed by atoms with Crippen LogP contribution in [0.4, 0.5) is 5.82 Å². The summed E-state index contributed by atoms with van der Waals surface area (Å²) in [5.41, 5.74) is 9.20. The zero-order chi connectivity index (χ0) is 14.0. The third-order valence-corrected chi connectivity index (χ3v) is 3.74. The van der Waals surface area contributed by atoms with Crippen molar-refractivity contribution in [3.8, 4) is 0 Å². The minimum absolute atomic E-state index is 0.514. The Balaban J connectivity index is 2.24. The van der Waals surface area contributed by atoms with E-state index in [4.69, 9.17) is 5.73 Å². The number of hydrogen-bond acceptors (Lipinski definition) is 3. The van der Waals surface area contributed by atoms with Crippen LogP contribution in [0.25, 0.3) is 0 Å². The monoisotopic (exact) mass is 322 g/mol. The lowest BCUT2D eigenvalue weighted by atomic mass is 10.2. The number of halogens is 1. The zero-order valence-corrected chi connectivity index (χ0v) is 13.1. The van der Waals surface area contributed by atoms with Gasteiger partial charge in [-0.3, -0.25) is 4.68 Å². The molecule has 0 aliphatic carbocycles. The Morgan fingerprint density at radius 2 is 1.95 bits per heavy atom. The summed E-state index contributed by atoms with van der Waals surface area (Å²) < 4.78 is 2.99. The van der Waals surface area contributed by atoms with E-state index in [9.17, 15) is 0 Å². The molecule has 19 heavy (non-hydrogen) atoms. The van der Waals surface area contributed by atoms with E-state index in [2.05, 4.69) is 57.2 Å². The van der Waals surface area contributed by atoms with E-state index in [-0.39, 0.29) is 0 Å². The Bertz CT molecular complexity index is 560. The van der Waals surface area contributed by atoms with Crippen molar-refractivity contribution in [3.63, 3.8) is 0 Å². The van der Waals surface area contributed by atoms with Crippen molar-refractivity contribution in [1.82, 2.24) is 9.78 Å². The molecule has 5 heteroatoms. The predicted octanol–water partition coefficient (Wildman–Crippen LogP) is 2.59. The molecule has 0 saturated carbocycles. The van der Waals surface area contributed by atoms with Crippen LogP contribution in [-0.2, 0) is 20.1 Å². The van der Waals surface area contributed by atoms with Gasteiger partial charge in [0.2, 0.25) is 0 Å². The van der Waals surface area contributed by atoms with Crippen molar-refractivity contribution < 1.29 is 0 Å². The van der Waals surface area contributed by atoms with Crippen LogP contribution in [0.1, 0.15) is 16.8 Å². The van der Waals surface area contributed by atoms with Gasteiger partial charge < -0.3 is 10.6 Å². The molecular weight excluding hydrogens is 304 g/mol. The van der Waals surface area contributed by atoms with Crippen molar-refractivity contribution in [2.45, 2.75) is 20.0 Å². The Kier molecular flexibility index (Phi) is 4.27. The van der Waals surface area contributed by atoms with Crippen LogP contribution in [0.15, 0.2) is 28.7 Å². The van der Waals surface area contributed by atoms with E-state index in [0.717, 1.165) is 28.1 Å². The molecule has 1 aromatic heterocycles. The molecule has 0 unspecified atom stereocenters. The minimum Gasteiger partial charge on any atom is -0.355 e. The highest BCUT2D eigenvalue weighted by Gasteiger charge is 2.15. The maximum absolute atomic E-state index is 5.83. The Morgan fingerprint density at radius 3 is 2.53 bits per heavy atom. The van der Waals surface area contributed by atoms with Gasteiger partial charge in [0, 0.05) is 37.2 Å². The van der Waals surface area contributed by atoms with Gasteiger partial charge >= 0.3 is 0 Å². The highest BCUT2D eigenvalue weighted by molar-refractivity contribution is 9.10. The largest absolute Gasteiger partial charge is 0.355 e. The summed E-state index contributed by atoms with van der Waals surface area (Å²) in [6.45, 7) is 3.35. The smallest absolute Gasteiger partial charge is 0.131 e. The normalized spacial score (nSPS) is 10.8. The van der Waals surface area contributed by atoms with E-state index >= 15 is 0 Å². The van der Waals surface area contributed by atoms with Gasteiger partial charge in [-0.25, -0.2) is 0 Å². The molecule has 0 fully saturated rings. The van der Waals surface area contributed by atoms with E-state index in [0.29, 0.717) is 6.54 Å². The summed E-state index contributed by atoms with van der Waals surface area (Å²) in [6, 6.07) is 8.35. The van der Waals surface area contributed by atoms with Crippen LogP contribution in [0.2, 0.25) is 0 Å². The average molecular weight is 323 g/mol. The van der Waals surface area contributed by atoms with Gasteiger partial charge in [0.15, 0.2) is 0 Å². The predicted molar refractivity (Wildman–Crippen MR) is 82.1 cm³/mol. The Hall–Kier alpha value is -1.33. The van der Waals surface area contributed by atoms with Crippen molar-refractivity contribution in [2.24, 2.45) is 12.8 Å². The molecule has 0 atom stereocenters. The molecule has 2 rings (SSSR count). The van der Waals surface area contributed by atoms with Crippen LogP contribution < -0.4 is 10.6 Å². The molecule has 2 aromatic rings. The highest BCUT2D eigenvalue weighted by Crippen LogP contribution is 2.23. The molecule has 0 spiro atoms. The third kappa shape index (κ3) is 2.98. The van der Waals surface area contributed by atoms with Gasteiger partial charge in [0.05, 0.1) is 5.69 Å². The standard InChI is InChI=1S/C14H19BrN4/c1-10-13(8-16)14(19(3)17-10)18(2)9-11-4-6-12(15)7-5-11/h4-7H,8-9,16H2,1-3H3. The average Bonchev–Trinajstić information content (AvgIpc) is 2.66. The van der Waals surface area contributed by atoms with Crippen LogP contribution in [0.5, 0.6) is 0 Å². The molecule has 0 amide bonds. The summed E-state index contributed by atoms with van der Waals surface area (Å²) >= 11 is 3.45. The first-order chi connectivity index (χ1) is 9.02. The fraction of sp³-hybridized carbons (Fsp3) is 0.357. The molecule has 0 radical (unpaired) electrons. The van der Waals surface area contributed by atoms with E-state index in [1.807, 2.05) is 18.7 Å². The van der Waals surface area contributed by atoms with Crippen LogP contribution >= 0.6 is 15.9 Å². The lowest BCUT2D eigenvalue weighted by Crippen LogP contribution is -2.21. The van der Waals surface area contributed by atoms with E-state index in [1.165, 1.54) is 5.56 Å². The van der Waals surface area contributed by atoms with E-state index < -0.39 is 0 Å². The van der Waals surface area contributed by atoms with Gasteiger partial charge in [-0.1, -0.05) is 28.1 Å². The molecule has 0 aliphatic rings. The number of rotatable bonds is 4. The first-order valence-corrected chi connectivity index (χ1v) is 7.00. The van der Waals surface area contributed by atoms with Crippen molar-refractivity contribution in [3.05, 3.63) is 45.6 Å². The van der Waals surface area contributed by atoms with E-state index in [1.54, 1.807) is 0 Å². The number of nitrogens with two attached hydrogens (primary N) is 1. The van der Waals surface area contributed by atoms with Gasteiger partial charge in [0.1, 0.15) is 5.82 Å². The first kappa shape index (κ1) is 14.1. The second-order valence-corrected chi connectivity index (χ2v) is 5.61. The fourth-order valence-electron chi connectivity index (χ4n) is 2.34. The van der Waals surface area contributed by atoms with Gasteiger partial charge in [-0.2, -0.15) is 5.10 Å². The molecule has 0 aliphatic heterocycles. The van der Waals surface area contributed by atoms with Gasteiger partial charge in [0.25, 0.3) is 0 Å². The molecule has 0 bridgehead atoms. The van der Waals surface area contributed by atoms with Gasteiger partial charge in [-0.05, 0) is 24.6 Å². The molecule has 4 nitrogen and oxygen atoms in total. The highest BCUT2D eigenvalue weighted by atomic mass is 79.9. The van der Waals surface area contributed by atoms with Crippen molar-refractivity contribution in [1.29, 1.82) is 0 Å². The van der Waals surface area contributed by atoms with Crippen molar-refractivity contribution in [2.75, 3.05) is 11.9 Å². The number of nitrogens with zero attached hydrogens (tertiary/aromatic N) is 3. The van der Waals surface area contributed by atoms with Crippen molar-refractivity contribution >= 4 is 21.7 Å². The quantitative estimate of drug-likeness (QED) is 0.941. The first-order valence-electron chi connectivity index (χ1n) is 6.21. The lowest BCUT2D eigenvalue weighted by Gasteiger charge is -2.21. The third-order valence-electron chi connectivity index (χ3n) is 3.21. The summed E-state index contributed by atoms with van der Waals surface area (Å²) in [5, 5.41) is 4.45. The number of aryl methyl sites for hydroxylation is 2.